The van der Waals surface area contributed by atoms with Crippen LogP contribution >= 0.6 is 11.6 Å². The Labute approximate surface area is 190 Å². The number of aryl methyl sites for hydroxylation is 1. The van der Waals surface area contributed by atoms with Gasteiger partial charge in [-0.1, -0.05) is 11.6 Å². The molecule has 1 heterocycles. The number of aromatic nitrogens is 1. The molecule has 0 aliphatic heterocycles. The van der Waals surface area contributed by atoms with E-state index in [1.165, 1.54) is 35.9 Å². The predicted octanol–water partition coefficient (Wildman–Crippen LogP) is 5.62. The zero-order chi connectivity index (χ0) is 24.2. The maximum atomic E-state index is 13.0. The monoisotopic (exact) mass is 480 g/mol. The zero-order valence-corrected chi connectivity index (χ0v) is 17.6. The summed E-state index contributed by atoms with van der Waals surface area (Å²) in [6.45, 7) is 1.68. The van der Waals surface area contributed by atoms with Crippen LogP contribution in [0, 0.1) is 6.92 Å². The smallest absolute Gasteiger partial charge is 0.417 e. The lowest BCUT2D eigenvalue weighted by molar-refractivity contribution is -0.137. The molecule has 0 aliphatic rings. The molecule has 0 aliphatic carbocycles. The molecule has 12 heteroatoms. The first-order chi connectivity index (χ1) is 15.6. The van der Waals surface area contributed by atoms with E-state index in [-0.39, 0.29) is 17.1 Å². The minimum absolute atomic E-state index is 0.0578. The Hall–Kier alpha value is -3.83. The Morgan fingerprint density at radius 1 is 1.03 bits per heavy atom. The second-order valence-electron chi connectivity index (χ2n) is 6.67. The quantitative estimate of drug-likeness (QED) is 0.280. The molecule has 2 aromatic carbocycles. The molecule has 0 atom stereocenters. The lowest BCUT2D eigenvalue weighted by Crippen LogP contribution is -2.20. The molecule has 4 N–H and O–H groups in total. The van der Waals surface area contributed by atoms with E-state index < -0.39 is 28.7 Å². The van der Waals surface area contributed by atoms with Crippen LogP contribution in [0.2, 0.25) is 5.02 Å². The van der Waals surface area contributed by atoms with E-state index in [0.29, 0.717) is 17.0 Å². The van der Waals surface area contributed by atoms with Crippen LogP contribution < -0.4 is 20.9 Å². The third-order valence-electron chi connectivity index (χ3n) is 4.28. The molecule has 3 amide bonds. The van der Waals surface area contributed by atoms with E-state index in [2.05, 4.69) is 15.6 Å². The maximum Gasteiger partial charge on any atom is 0.417 e. The molecule has 0 saturated carbocycles. The summed E-state index contributed by atoms with van der Waals surface area (Å²) in [4.78, 5) is 27.5. The Bertz CT molecular complexity index is 1200. The average molecular weight is 481 g/mol. The van der Waals surface area contributed by atoms with Crippen molar-refractivity contribution in [3.63, 3.8) is 0 Å². The van der Waals surface area contributed by atoms with Crippen LogP contribution in [0.5, 0.6) is 11.5 Å². The summed E-state index contributed by atoms with van der Waals surface area (Å²) in [7, 11) is 0. The summed E-state index contributed by atoms with van der Waals surface area (Å²) in [6, 6.07) is 9.79. The molecule has 0 unspecified atom stereocenters. The van der Waals surface area contributed by atoms with Crippen LogP contribution in [-0.4, -0.2) is 22.1 Å². The number of nitrogens with one attached hydrogen (secondary N) is 3. The van der Waals surface area contributed by atoms with E-state index in [4.69, 9.17) is 21.5 Å². The molecule has 33 heavy (non-hydrogen) atoms. The highest BCUT2D eigenvalue weighted by molar-refractivity contribution is 6.31. The van der Waals surface area contributed by atoms with Crippen LogP contribution in [0.3, 0.4) is 0 Å². The van der Waals surface area contributed by atoms with E-state index in [9.17, 15) is 22.8 Å². The summed E-state index contributed by atoms with van der Waals surface area (Å²) in [5.41, 5.74) is 1.26. The number of hydroxylamine groups is 1. The Balaban J connectivity index is 1.68. The number of alkyl halides is 3. The second-order valence-corrected chi connectivity index (χ2v) is 7.08. The molecular weight excluding hydrogens is 465 g/mol. The molecule has 0 saturated heterocycles. The van der Waals surface area contributed by atoms with Crippen LogP contribution in [0.4, 0.5) is 29.3 Å². The number of urea groups is 1. The van der Waals surface area contributed by atoms with Gasteiger partial charge in [-0.25, -0.2) is 10.3 Å². The molecule has 8 nitrogen and oxygen atoms in total. The number of halogens is 4. The van der Waals surface area contributed by atoms with Crippen molar-refractivity contribution in [1.82, 2.24) is 10.5 Å². The Morgan fingerprint density at radius 2 is 1.76 bits per heavy atom. The number of carbonyl (C=O) groups excluding carboxylic acids is 2. The number of anilines is 2. The number of carbonyl (C=O) groups is 2. The fourth-order valence-corrected chi connectivity index (χ4v) is 2.96. The number of hydrogen-bond acceptors (Lipinski definition) is 5. The standard InChI is InChI=1S/C21H16ClF3N4O4/c1-11-8-13(33-14-6-7-26-18(10-14)19(30)29-32)3-5-17(11)28-20(31)27-12-2-4-16(22)15(9-12)21(23,24)25/h2-10,32H,1H3,(H,29,30)(H2,27,28,31). The van der Waals surface area contributed by atoms with Crippen molar-refractivity contribution < 1.29 is 32.7 Å². The van der Waals surface area contributed by atoms with Gasteiger partial charge in [-0.15, -0.1) is 0 Å². The minimum Gasteiger partial charge on any atom is -0.457 e. The van der Waals surface area contributed by atoms with E-state index in [0.717, 1.165) is 12.1 Å². The number of rotatable bonds is 5. The molecule has 0 radical (unpaired) electrons. The van der Waals surface area contributed by atoms with Crippen LogP contribution in [0.1, 0.15) is 21.6 Å². The predicted molar refractivity (Wildman–Crippen MR) is 114 cm³/mol. The van der Waals surface area contributed by atoms with Gasteiger partial charge in [-0.2, -0.15) is 13.2 Å². The highest BCUT2D eigenvalue weighted by Gasteiger charge is 2.33. The summed E-state index contributed by atoms with van der Waals surface area (Å²) in [6.07, 6.45) is -3.33. The number of ether oxygens (including phenoxy) is 1. The van der Waals surface area contributed by atoms with Crippen LogP contribution in [-0.2, 0) is 6.18 Å². The SMILES string of the molecule is Cc1cc(Oc2ccnc(C(=O)NO)c2)ccc1NC(=O)Nc1ccc(Cl)c(C(F)(F)F)c1. The van der Waals surface area contributed by atoms with Gasteiger partial charge in [-0.05, 0) is 55.0 Å². The second kappa shape index (κ2) is 9.76. The Morgan fingerprint density at radius 3 is 2.42 bits per heavy atom. The van der Waals surface area contributed by atoms with Gasteiger partial charge in [0.2, 0.25) is 0 Å². The van der Waals surface area contributed by atoms with Gasteiger partial charge in [0.15, 0.2) is 0 Å². The largest absolute Gasteiger partial charge is 0.457 e. The van der Waals surface area contributed by atoms with Gasteiger partial charge >= 0.3 is 12.2 Å². The van der Waals surface area contributed by atoms with Crippen LogP contribution in [0.15, 0.2) is 54.7 Å². The molecule has 0 spiro atoms. The highest BCUT2D eigenvalue weighted by Crippen LogP contribution is 2.36. The molecule has 3 rings (SSSR count). The van der Waals surface area contributed by atoms with Crippen molar-refractivity contribution in [2.75, 3.05) is 10.6 Å². The molecule has 3 aromatic rings. The highest BCUT2D eigenvalue weighted by atomic mass is 35.5. The van der Waals surface area contributed by atoms with E-state index in [1.54, 1.807) is 19.1 Å². The lowest BCUT2D eigenvalue weighted by atomic mass is 10.2. The summed E-state index contributed by atoms with van der Waals surface area (Å²) in [5, 5.41) is 13.1. The fraction of sp³-hybridized carbons (Fsp3) is 0.0952. The summed E-state index contributed by atoms with van der Waals surface area (Å²) >= 11 is 5.58. The minimum atomic E-state index is -4.66. The lowest BCUT2D eigenvalue weighted by Gasteiger charge is -2.14. The van der Waals surface area contributed by atoms with Gasteiger partial charge in [0.25, 0.3) is 5.91 Å². The van der Waals surface area contributed by atoms with E-state index >= 15 is 0 Å². The van der Waals surface area contributed by atoms with Crippen molar-refractivity contribution in [2.24, 2.45) is 0 Å². The van der Waals surface area contributed by atoms with E-state index in [1.807, 2.05) is 0 Å². The summed E-state index contributed by atoms with van der Waals surface area (Å²) in [5.74, 6) is -0.137. The molecule has 172 valence electrons. The first-order valence-corrected chi connectivity index (χ1v) is 9.58. The number of benzene rings is 2. The topological polar surface area (TPSA) is 113 Å². The van der Waals surface area contributed by atoms with Gasteiger partial charge in [0.1, 0.15) is 17.2 Å². The zero-order valence-electron chi connectivity index (χ0n) is 16.8. The maximum absolute atomic E-state index is 13.0. The first kappa shape index (κ1) is 23.8. The van der Waals surface area contributed by atoms with Crippen molar-refractivity contribution in [3.8, 4) is 11.5 Å². The van der Waals surface area contributed by atoms with Crippen molar-refractivity contribution in [1.29, 1.82) is 0 Å². The number of nitrogens with zero attached hydrogens (tertiary/aromatic N) is 1. The van der Waals surface area contributed by atoms with Gasteiger partial charge in [0, 0.05) is 23.6 Å². The van der Waals surface area contributed by atoms with Gasteiger partial charge in [0.05, 0.1) is 10.6 Å². The summed E-state index contributed by atoms with van der Waals surface area (Å²) < 4.78 is 44.6. The Kier molecular flexibility index (Phi) is 7.04. The van der Waals surface area contributed by atoms with Gasteiger partial charge in [-0.3, -0.25) is 15.0 Å². The van der Waals surface area contributed by atoms with Crippen molar-refractivity contribution >= 4 is 34.9 Å². The third-order valence-corrected chi connectivity index (χ3v) is 4.61. The molecule has 0 bridgehead atoms. The van der Waals surface area contributed by atoms with Crippen LogP contribution in [0.25, 0.3) is 0 Å². The average Bonchev–Trinajstić information content (AvgIpc) is 2.76. The molecule has 0 fully saturated rings. The molecular formula is C21H16ClF3N4O4. The number of pyridine rings is 1. The first-order valence-electron chi connectivity index (χ1n) is 9.20. The third kappa shape index (κ3) is 6.11. The number of amides is 3. The van der Waals surface area contributed by atoms with Crippen molar-refractivity contribution in [3.05, 3.63) is 76.6 Å². The number of hydrogen-bond donors (Lipinski definition) is 4. The normalized spacial score (nSPS) is 11.0. The van der Waals surface area contributed by atoms with Gasteiger partial charge < -0.3 is 15.4 Å². The fourth-order valence-electron chi connectivity index (χ4n) is 2.74. The van der Waals surface area contributed by atoms with Crippen molar-refractivity contribution in [2.45, 2.75) is 13.1 Å². The molecule has 1 aromatic heterocycles.